The van der Waals surface area contributed by atoms with E-state index in [1.165, 1.54) is 0 Å². The van der Waals surface area contributed by atoms with Crippen molar-refractivity contribution in [2.24, 2.45) is 28.7 Å². The van der Waals surface area contributed by atoms with Gasteiger partial charge in [0, 0.05) is 32.1 Å². The van der Waals surface area contributed by atoms with Crippen LogP contribution in [0.4, 0.5) is 0 Å². The number of amides is 2. The van der Waals surface area contributed by atoms with Crippen LogP contribution in [0.3, 0.4) is 0 Å². The van der Waals surface area contributed by atoms with Crippen LogP contribution in [0.5, 0.6) is 0 Å². The Balaban J connectivity index is 1.39. The summed E-state index contributed by atoms with van der Waals surface area (Å²) in [5.74, 6) is 3.32. The summed E-state index contributed by atoms with van der Waals surface area (Å²) in [6.07, 6.45) is 3.80. The van der Waals surface area contributed by atoms with Crippen molar-refractivity contribution in [3.63, 3.8) is 0 Å². The zero-order chi connectivity index (χ0) is 30.8. The number of hydrogen-bond acceptors (Lipinski definition) is 8. The zero-order valence-electron chi connectivity index (χ0n) is 24.3. The first kappa shape index (κ1) is 32.0. The van der Waals surface area contributed by atoms with Gasteiger partial charge in [0.15, 0.2) is 0 Å². The Bertz CT molecular complexity index is 1390. The smallest absolute Gasteiger partial charge is 0.325 e. The van der Waals surface area contributed by atoms with E-state index >= 15 is 0 Å². The number of nitrogens with zero attached hydrogens (tertiary/aromatic N) is 2. The highest BCUT2D eigenvalue weighted by molar-refractivity contribution is 7.89. The topological polar surface area (TPSA) is 172 Å². The molecule has 1 heterocycles. The normalized spacial score (nSPS) is 21.7. The maximum absolute atomic E-state index is 13.3. The molecular weight excluding hydrogens is 572 g/mol. The van der Waals surface area contributed by atoms with Gasteiger partial charge in [-0.3, -0.25) is 14.4 Å². The number of esters is 1. The van der Waals surface area contributed by atoms with Crippen LogP contribution in [0.15, 0.2) is 64.6 Å². The highest BCUT2D eigenvalue weighted by atomic mass is 32.2. The molecule has 1 aliphatic heterocycles. The second-order valence-corrected chi connectivity index (χ2v) is 12.6. The van der Waals surface area contributed by atoms with Crippen LogP contribution in [-0.2, 0) is 29.1 Å². The number of nitrogens with two attached hydrogens (primary N) is 1. The minimum Gasteiger partial charge on any atom is -0.465 e. The molecule has 5 N–H and O–H groups in total. The number of likely N-dealkylation sites (tertiary alicyclic amines) is 1. The summed E-state index contributed by atoms with van der Waals surface area (Å²) in [5.41, 5.74) is 1.85. The van der Waals surface area contributed by atoms with Crippen molar-refractivity contribution in [1.82, 2.24) is 20.3 Å². The molecule has 0 radical (unpaired) electrons. The third-order valence-corrected chi connectivity index (χ3v) is 9.29. The van der Waals surface area contributed by atoms with E-state index in [4.69, 9.17) is 10.6 Å². The maximum atomic E-state index is 13.3. The molecule has 0 aromatic heterocycles. The maximum Gasteiger partial charge on any atom is 0.325 e. The van der Waals surface area contributed by atoms with Gasteiger partial charge in [0.1, 0.15) is 12.9 Å². The van der Waals surface area contributed by atoms with Crippen molar-refractivity contribution >= 4 is 34.1 Å². The van der Waals surface area contributed by atoms with Crippen LogP contribution in [-0.4, -0.2) is 76.3 Å². The number of piperidine rings is 1. The molecule has 12 nitrogen and oxygen atoms in total. The molecular formula is C30H40N6O6S. The van der Waals surface area contributed by atoms with Gasteiger partial charge in [-0.05, 0) is 61.3 Å². The fourth-order valence-corrected chi connectivity index (χ4v) is 6.86. The summed E-state index contributed by atoms with van der Waals surface area (Å²) in [4.78, 5) is 39.3. The summed E-state index contributed by atoms with van der Waals surface area (Å²) >= 11 is 0. The number of ether oxygens (including phenoxy) is 1. The number of benzene rings is 2. The van der Waals surface area contributed by atoms with E-state index in [0.29, 0.717) is 13.1 Å². The van der Waals surface area contributed by atoms with Gasteiger partial charge in [-0.2, -0.15) is 5.10 Å². The molecule has 2 aromatic rings. The molecule has 0 bridgehead atoms. The van der Waals surface area contributed by atoms with Crippen molar-refractivity contribution in [3.8, 4) is 11.1 Å². The molecule has 232 valence electrons. The first-order chi connectivity index (χ1) is 20.7. The fourth-order valence-electron chi connectivity index (χ4n) is 5.55. The Hall–Kier alpha value is -3.97. The molecule has 2 aliphatic rings. The van der Waals surface area contributed by atoms with E-state index in [-0.39, 0.29) is 54.5 Å². The number of nitrogens with one attached hydrogen (secondary N) is 3. The third-order valence-electron chi connectivity index (χ3n) is 7.82. The number of hydrazone groups is 1. The summed E-state index contributed by atoms with van der Waals surface area (Å²) in [5, 5.41) is 9.08. The van der Waals surface area contributed by atoms with E-state index in [2.05, 4.69) is 20.5 Å². The zero-order valence-corrected chi connectivity index (χ0v) is 25.1. The molecule has 2 fully saturated rings. The molecule has 1 aliphatic carbocycles. The van der Waals surface area contributed by atoms with Gasteiger partial charge in [0.25, 0.3) is 0 Å². The lowest BCUT2D eigenvalue weighted by molar-refractivity contribution is -0.143. The quantitative estimate of drug-likeness (QED) is 0.0816. The van der Waals surface area contributed by atoms with E-state index in [0.717, 1.165) is 30.5 Å². The average Bonchev–Trinajstić information content (AvgIpc) is 3.69. The van der Waals surface area contributed by atoms with E-state index in [1.54, 1.807) is 37.5 Å². The highest BCUT2D eigenvalue weighted by Gasteiger charge is 2.56. The van der Waals surface area contributed by atoms with Crippen molar-refractivity contribution in [1.29, 1.82) is 0 Å². The molecule has 2 aromatic carbocycles. The molecule has 2 amide bonds. The summed E-state index contributed by atoms with van der Waals surface area (Å²) in [6, 6.07) is 15.5. The second kappa shape index (κ2) is 15.0. The van der Waals surface area contributed by atoms with E-state index < -0.39 is 28.0 Å². The van der Waals surface area contributed by atoms with Crippen molar-refractivity contribution in [2.45, 2.75) is 43.5 Å². The van der Waals surface area contributed by atoms with E-state index in [1.807, 2.05) is 35.2 Å². The molecule has 4 rings (SSSR count). The number of carbonyl (C=O) groups is 3. The first-order valence-corrected chi connectivity index (χ1v) is 16.1. The van der Waals surface area contributed by atoms with Crippen molar-refractivity contribution < 1.29 is 27.5 Å². The van der Waals surface area contributed by atoms with Gasteiger partial charge >= 0.3 is 5.97 Å². The fraction of sp³-hybridized carbons (Fsp3) is 0.467. The minimum absolute atomic E-state index is 0.0356. The van der Waals surface area contributed by atoms with Gasteiger partial charge in [-0.15, -0.1) is 0 Å². The predicted octanol–water partition coefficient (Wildman–Crippen LogP) is 1.44. The van der Waals surface area contributed by atoms with Crippen LogP contribution in [0.2, 0.25) is 0 Å². The van der Waals surface area contributed by atoms with Gasteiger partial charge in [-0.25, -0.2) is 13.1 Å². The van der Waals surface area contributed by atoms with Gasteiger partial charge < -0.3 is 26.1 Å². The summed E-state index contributed by atoms with van der Waals surface area (Å²) in [6.45, 7) is 3.65. The first-order valence-electron chi connectivity index (χ1n) is 14.6. The summed E-state index contributed by atoms with van der Waals surface area (Å²) < 4.78 is 34.2. The van der Waals surface area contributed by atoms with Crippen LogP contribution in [0, 0.1) is 17.8 Å². The van der Waals surface area contributed by atoms with Gasteiger partial charge in [0.05, 0.1) is 17.4 Å². The van der Waals surface area contributed by atoms with Gasteiger partial charge in [-0.1, -0.05) is 42.5 Å². The monoisotopic (exact) mass is 612 g/mol. The number of hydrogen-bond donors (Lipinski definition) is 4. The second-order valence-electron chi connectivity index (χ2n) is 10.9. The molecule has 2 unspecified atom stereocenters. The lowest BCUT2D eigenvalue weighted by Crippen LogP contribution is -2.41. The van der Waals surface area contributed by atoms with Crippen LogP contribution < -0.4 is 21.2 Å². The predicted molar refractivity (Wildman–Crippen MR) is 162 cm³/mol. The van der Waals surface area contributed by atoms with Crippen LogP contribution in [0.25, 0.3) is 11.1 Å². The summed E-state index contributed by atoms with van der Waals surface area (Å²) in [7, 11) is -3.94. The van der Waals surface area contributed by atoms with Gasteiger partial charge in [0.2, 0.25) is 21.8 Å². The Morgan fingerprint density at radius 1 is 1.07 bits per heavy atom. The number of sulfonamides is 1. The molecule has 1 saturated carbocycles. The molecule has 43 heavy (non-hydrogen) atoms. The average molecular weight is 613 g/mol. The van der Waals surface area contributed by atoms with Crippen LogP contribution >= 0.6 is 0 Å². The Kier molecular flexibility index (Phi) is 11.1. The minimum atomic E-state index is -3.94. The highest BCUT2D eigenvalue weighted by Crippen LogP contribution is 2.44. The Labute approximate surface area is 252 Å². The molecule has 0 spiro atoms. The molecule has 1 saturated heterocycles. The molecule has 13 heteroatoms. The SMILES string of the molecule is CCOC(=O)CNC(=O)CCC1C(C(=O)NC[C@@H]2CCCN(C=NN)C2)[C@H]1NS(=O)(=O)c1ccc(-c2ccccc2)cc1. The Morgan fingerprint density at radius 2 is 1.79 bits per heavy atom. The standard InChI is InChI=1S/C30H40N6O6S/c1-2-42-27(38)18-32-26(37)15-14-25-28(30(39)33-17-21-7-6-16-36(19-21)20-34-31)29(25)35-43(40,41)24-12-10-23(11-13-24)22-8-4-3-5-9-22/h3-5,8-13,20-21,25,28-29,35H,2,6-7,14-19,31H2,1H3,(H,32,37)(H,33,39)/t21-,25?,28?,29-/m0/s1. The van der Waals surface area contributed by atoms with Crippen molar-refractivity contribution in [3.05, 3.63) is 54.6 Å². The Morgan fingerprint density at radius 3 is 2.49 bits per heavy atom. The van der Waals surface area contributed by atoms with Crippen molar-refractivity contribution in [2.75, 3.05) is 32.8 Å². The van der Waals surface area contributed by atoms with Crippen LogP contribution in [0.1, 0.15) is 32.6 Å². The molecule has 4 atom stereocenters. The largest absolute Gasteiger partial charge is 0.465 e. The third kappa shape index (κ3) is 9.01. The lowest BCUT2D eigenvalue weighted by Gasteiger charge is -2.31. The van der Waals surface area contributed by atoms with E-state index in [9.17, 15) is 22.8 Å². The number of carbonyl (C=O) groups excluding carboxylic acids is 3. The number of rotatable bonds is 14. The lowest BCUT2D eigenvalue weighted by atomic mass is 9.98.